The highest BCUT2D eigenvalue weighted by Gasteiger charge is 2.55. The Kier molecular flexibility index (Phi) is 3.73. The van der Waals surface area contributed by atoms with Crippen molar-refractivity contribution < 1.29 is 19.1 Å². The van der Waals surface area contributed by atoms with Crippen LogP contribution >= 0.6 is 0 Å². The van der Waals surface area contributed by atoms with Crippen molar-refractivity contribution in [3.63, 3.8) is 0 Å². The van der Waals surface area contributed by atoms with E-state index in [9.17, 15) is 9.59 Å². The van der Waals surface area contributed by atoms with E-state index in [4.69, 9.17) is 9.47 Å². The molecule has 0 heterocycles. The van der Waals surface area contributed by atoms with Gasteiger partial charge in [-0.2, -0.15) is 0 Å². The molecule has 0 spiro atoms. The van der Waals surface area contributed by atoms with Gasteiger partial charge in [0.2, 0.25) is 0 Å². The Morgan fingerprint density at radius 2 is 1.75 bits per heavy atom. The molecule has 1 aliphatic rings. The van der Waals surface area contributed by atoms with E-state index in [0.29, 0.717) is 12.8 Å². The minimum Gasteiger partial charge on any atom is -0.468 e. The molecule has 0 bridgehead atoms. The van der Waals surface area contributed by atoms with Crippen molar-refractivity contribution in [3.8, 4) is 0 Å². The third kappa shape index (κ3) is 1.84. The molecule has 0 aromatic heterocycles. The molecule has 16 heavy (non-hydrogen) atoms. The number of hydrogen-bond acceptors (Lipinski definition) is 4. The van der Waals surface area contributed by atoms with Crippen LogP contribution in [0.25, 0.3) is 0 Å². The lowest BCUT2D eigenvalue weighted by molar-refractivity contribution is -0.169. The van der Waals surface area contributed by atoms with Gasteiger partial charge in [-0.05, 0) is 24.7 Å². The van der Waals surface area contributed by atoms with Gasteiger partial charge in [0, 0.05) is 0 Å². The lowest BCUT2D eigenvalue weighted by atomic mass is 9.85. The second kappa shape index (κ2) is 4.68. The lowest BCUT2D eigenvalue weighted by Gasteiger charge is -2.22. The first-order valence-electron chi connectivity index (χ1n) is 5.31. The standard InChI is InChI=1S/C12H18O4/c1-5-9-7-12(6-8(9)2,10(13)15-3)11(14)16-4/h5,8-9H,1,6-7H2,2-4H3/t8-,9+/m0/s1. The maximum atomic E-state index is 11.8. The van der Waals surface area contributed by atoms with Crippen LogP contribution in [0.2, 0.25) is 0 Å². The summed E-state index contributed by atoms with van der Waals surface area (Å²) in [4.78, 5) is 23.6. The average Bonchev–Trinajstić information content (AvgIpc) is 2.65. The molecule has 1 saturated carbocycles. The molecule has 4 nitrogen and oxygen atoms in total. The zero-order valence-electron chi connectivity index (χ0n) is 9.99. The molecule has 0 N–H and O–H groups in total. The summed E-state index contributed by atoms with van der Waals surface area (Å²) in [5, 5.41) is 0. The molecule has 0 aromatic carbocycles. The van der Waals surface area contributed by atoms with Crippen LogP contribution in [-0.2, 0) is 19.1 Å². The van der Waals surface area contributed by atoms with Gasteiger partial charge in [0.05, 0.1) is 14.2 Å². The minimum atomic E-state index is -1.14. The molecule has 90 valence electrons. The third-order valence-corrected chi connectivity index (χ3v) is 3.44. The van der Waals surface area contributed by atoms with Gasteiger partial charge in [0.25, 0.3) is 0 Å². The van der Waals surface area contributed by atoms with Crippen molar-refractivity contribution in [1.29, 1.82) is 0 Å². The smallest absolute Gasteiger partial charge is 0.323 e. The molecule has 0 saturated heterocycles. The second-order valence-corrected chi connectivity index (χ2v) is 4.35. The number of rotatable bonds is 3. The van der Waals surface area contributed by atoms with E-state index in [0.717, 1.165) is 0 Å². The van der Waals surface area contributed by atoms with Gasteiger partial charge in [0.1, 0.15) is 0 Å². The molecule has 0 aromatic rings. The summed E-state index contributed by atoms with van der Waals surface area (Å²) in [5.74, 6) is -0.625. The fourth-order valence-electron chi connectivity index (χ4n) is 2.51. The largest absolute Gasteiger partial charge is 0.468 e. The summed E-state index contributed by atoms with van der Waals surface area (Å²) < 4.78 is 9.46. The molecule has 0 radical (unpaired) electrons. The Labute approximate surface area is 95.6 Å². The third-order valence-electron chi connectivity index (χ3n) is 3.44. The van der Waals surface area contributed by atoms with E-state index < -0.39 is 17.4 Å². The first-order valence-corrected chi connectivity index (χ1v) is 5.31. The molecule has 1 fully saturated rings. The van der Waals surface area contributed by atoms with Crippen LogP contribution < -0.4 is 0 Å². The molecule has 4 heteroatoms. The molecule has 1 rings (SSSR count). The Morgan fingerprint density at radius 3 is 2.06 bits per heavy atom. The van der Waals surface area contributed by atoms with Gasteiger partial charge < -0.3 is 9.47 Å². The van der Waals surface area contributed by atoms with Crippen molar-refractivity contribution in [3.05, 3.63) is 12.7 Å². The number of hydrogen-bond donors (Lipinski definition) is 0. The van der Waals surface area contributed by atoms with Gasteiger partial charge in [0.15, 0.2) is 5.41 Å². The number of esters is 2. The van der Waals surface area contributed by atoms with Crippen LogP contribution in [0.1, 0.15) is 19.8 Å². The van der Waals surface area contributed by atoms with Crippen molar-refractivity contribution in [2.45, 2.75) is 19.8 Å². The zero-order chi connectivity index (χ0) is 12.3. The molecular formula is C12H18O4. The summed E-state index contributed by atoms with van der Waals surface area (Å²) in [5.41, 5.74) is -1.14. The summed E-state index contributed by atoms with van der Waals surface area (Å²) in [6, 6.07) is 0. The van der Waals surface area contributed by atoms with E-state index in [1.807, 2.05) is 6.92 Å². The first kappa shape index (κ1) is 12.7. The summed E-state index contributed by atoms with van der Waals surface area (Å²) >= 11 is 0. The molecule has 2 atom stereocenters. The van der Waals surface area contributed by atoms with Crippen LogP contribution in [0.15, 0.2) is 12.7 Å². The van der Waals surface area contributed by atoms with Crippen LogP contribution in [-0.4, -0.2) is 26.2 Å². The van der Waals surface area contributed by atoms with Crippen molar-refractivity contribution >= 4 is 11.9 Å². The minimum absolute atomic E-state index is 0.151. The molecule has 0 amide bonds. The highest BCUT2D eigenvalue weighted by atomic mass is 16.5. The van der Waals surface area contributed by atoms with Gasteiger partial charge >= 0.3 is 11.9 Å². The normalized spacial score (nSPS) is 27.2. The summed E-state index contributed by atoms with van der Waals surface area (Å²) in [6.45, 7) is 5.72. The average molecular weight is 226 g/mol. The number of allylic oxidation sites excluding steroid dienone is 1. The number of methoxy groups -OCH3 is 2. The van der Waals surface area contributed by atoms with Crippen molar-refractivity contribution in [2.75, 3.05) is 14.2 Å². The van der Waals surface area contributed by atoms with Gasteiger partial charge in [-0.3, -0.25) is 9.59 Å². The highest BCUT2D eigenvalue weighted by Crippen LogP contribution is 2.47. The maximum absolute atomic E-state index is 11.8. The van der Waals surface area contributed by atoms with E-state index in [-0.39, 0.29) is 11.8 Å². The van der Waals surface area contributed by atoms with E-state index in [1.54, 1.807) is 6.08 Å². The summed E-state index contributed by atoms with van der Waals surface area (Å²) in [7, 11) is 2.58. The van der Waals surface area contributed by atoms with Crippen LogP contribution in [0.3, 0.4) is 0 Å². The topological polar surface area (TPSA) is 52.6 Å². The lowest BCUT2D eigenvalue weighted by Crippen LogP contribution is -2.39. The monoisotopic (exact) mass is 226 g/mol. The molecule has 0 unspecified atom stereocenters. The van der Waals surface area contributed by atoms with Gasteiger partial charge in [-0.15, -0.1) is 6.58 Å². The highest BCUT2D eigenvalue weighted by molar-refractivity contribution is 6.00. The maximum Gasteiger partial charge on any atom is 0.323 e. The predicted molar refractivity (Wildman–Crippen MR) is 58.6 cm³/mol. The number of carbonyl (C=O) groups excluding carboxylic acids is 2. The first-order chi connectivity index (χ1) is 7.51. The zero-order valence-corrected chi connectivity index (χ0v) is 9.99. The molecule has 1 aliphatic carbocycles. The molecular weight excluding hydrogens is 208 g/mol. The van der Waals surface area contributed by atoms with Crippen LogP contribution in [0, 0.1) is 17.3 Å². The van der Waals surface area contributed by atoms with Crippen molar-refractivity contribution in [2.24, 2.45) is 17.3 Å². The SMILES string of the molecule is C=C[C@@H]1CC(C(=O)OC)(C(=O)OC)C[C@@H]1C. The predicted octanol–water partition coefficient (Wildman–Crippen LogP) is 1.55. The Balaban J connectivity index is 3.04. The number of carbonyl (C=O) groups is 2. The quantitative estimate of drug-likeness (QED) is 0.416. The Bertz CT molecular complexity index is 292. The Morgan fingerprint density at radius 1 is 1.25 bits per heavy atom. The Hall–Kier alpha value is -1.32. The van der Waals surface area contributed by atoms with Gasteiger partial charge in [-0.1, -0.05) is 13.0 Å². The fourth-order valence-corrected chi connectivity index (χ4v) is 2.51. The van der Waals surface area contributed by atoms with Crippen LogP contribution in [0.4, 0.5) is 0 Å². The van der Waals surface area contributed by atoms with Crippen molar-refractivity contribution in [1.82, 2.24) is 0 Å². The van der Waals surface area contributed by atoms with E-state index in [2.05, 4.69) is 6.58 Å². The summed E-state index contributed by atoms with van der Waals surface area (Å²) in [6.07, 6.45) is 2.68. The van der Waals surface area contributed by atoms with Gasteiger partial charge in [-0.25, -0.2) is 0 Å². The fraction of sp³-hybridized carbons (Fsp3) is 0.667. The van der Waals surface area contributed by atoms with E-state index in [1.165, 1.54) is 14.2 Å². The second-order valence-electron chi connectivity index (χ2n) is 4.35. The van der Waals surface area contributed by atoms with E-state index >= 15 is 0 Å². The van der Waals surface area contributed by atoms with Crippen LogP contribution in [0.5, 0.6) is 0 Å². The number of ether oxygens (including phenoxy) is 2. The molecule has 0 aliphatic heterocycles.